The number of hydrogen-bond donors (Lipinski definition) is 0. The first-order valence-electron chi connectivity index (χ1n) is 6.20. The minimum atomic E-state index is -2.11. The first-order chi connectivity index (χ1) is 8.30. The lowest BCUT2D eigenvalue weighted by atomic mass is 10.2. The standard InChI is InChI=1S/C13H21NO2Si/c1-15-17(16-2)11-7-6-10-14(17)12-13-8-4-3-5-9-13/h3-5,8-9H,6-7,10-12H2,1-2H3. The van der Waals surface area contributed by atoms with Crippen LogP contribution in [0.5, 0.6) is 0 Å². The van der Waals surface area contributed by atoms with E-state index in [0.29, 0.717) is 0 Å². The topological polar surface area (TPSA) is 21.7 Å². The highest BCUT2D eigenvalue weighted by Crippen LogP contribution is 2.27. The second-order valence-corrected chi connectivity index (χ2v) is 7.86. The largest absolute Gasteiger partial charge is 0.427 e. The van der Waals surface area contributed by atoms with Crippen LogP contribution >= 0.6 is 0 Å². The van der Waals surface area contributed by atoms with E-state index in [9.17, 15) is 0 Å². The van der Waals surface area contributed by atoms with Gasteiger partial charge in [-0.3, -0.25) is 4.57 Å². The zero-order chi connectivity index (χ0) is 12.1. The van der Waals surface area contributed by atoms with Crippen molar-refractivity contribution in [2.24, 2.45) is 0 Å². The number of rotatable bonds is 4. The van der Waals surface area contributed by atoms with Crippen molar-refractivity contribution in [3.63, 3.8) is 0 Å². The van der Waals surface area contributed by atoms with Gasteiger partial charge in [0.25, 0.3) is 0 Å². The van der Waals surface area contributed by atoms with Crippen LogP contribution < -0.4 is 0 Å². The average molecular weight is 251 g/mol. The highest BCUT2D eigenvalue weighted by Gasteiger charge is 2.44. The highest BCUT2D eigenvalue weighted by atomic mass is 28.4. The Labute approximate surface area is 105 Å². The van der Waals surface area contributed by atoms with E-state index in [0.717, 1.165) is 19.1 Å². The normalized spacial score (nSPS) is 20.4. The van der Waals surface area contributed by atoms with Gasteiger partial charge in [-0.1, -0.05) is 30.3 Å². The van der Waals surface area contributed by atoms with Gasteiger partial charge in [0.1, 0.15) is 0 Å². The van der Waals surface area contributed by atoms with Gasteiger partial charge in [-0.15, -0.1) is 0 Å². The molecule has 3 nitrogen and oxygen atoms in total. The molecule has 1 saturated heterocycles. The summed E-state index contributed by atoms with van der Waals surface area (Å²) in [6, 6.07) is 11.6. The summed E-state index contributed by atoms with van der Waals surface area (Å²) in [5, 5.41) is 0. The quantitative estimate of drug-likeness (QED) is 0.768. The first kappa shape index (κ1) is 12.8. The molecule has 0 unspecified atom stereocenters. The fourth-order valence-corrected chi connectivity index (χ4v) is 5.56. The van der Waals surface area contributed by atoms with Crippen LogP contribution in [-0.4, -0.2) is 34.1 Å². The highest BCUT2D eigenvalue weighted by molar-refractivity contribution is 6.64. The predicted molar refractivity (Wildman–Crippen MR) is 70.7 cm³/mol. The molecule has 0 atom stereocenters. The third kappa shape index (κ3) is 2.77. The smallest absolute Gasteiger partial charge is 0.386 e. The summed E-state index contributed by atoms with van der Waals surface area (Å²) in [7, 11) is 1.47. The summed E-state index contributed by atoms with van der Waals surface area (Å²) in [6.45, 7) is 2.03. The van der Waals surface area contributed by atoms with E-state index in [2.05, 4.69) is 34.9 Å². The summed E-state index contributed by atoms with van der Waals surface area (Å²) in [5.41, 5.74) is 1.33. The van der Waals surface area contributed by atoms with Crippen LogP contribution in [0, 0.1) is 0 Å². The lowest BCUT2D eigenvalue weighted by molar-refractivity contribution is 0.143. The van der Waals surface area contributed by atoms with E-state index in [1.54, 1.807) is 14.2 Å². The summed E-state index contributed by atoms with van der Waals surface area (Å²) < 4.78 is 13.9. The van der Waals surface area contributed by atoms with E-state index < -0.39 is 8.72 Å². The van der Waals surface area contributed by atoms with Gasteiger partial charge in [0.15, 0.2) is 0 Å². The van der Waals surface area contributed by atoms with Crippen molar-refractivity contribution in [3.05, 3.63) is 35.9 Å². The first-order valence-corrected chi connectivity index (χ1v) is 8.17. The molecule has 2 rings (SSSR count). The van der Waals surface area contributed by atoms with Crippen molar-refractivity contribution in [2.75, 3.05) is 20.8 Å². The molecule has 0 radical (unpaired) electrons. The molecule has 17 heavy (non-hydrogen) atoms. The Kier molecular flexibility index (Phi) is 4.34. The van der Waals surface area contributed by atoms with E-state index in [1.165, 1.54) is 18.4 Å². The SMILES string of the molecule is CO[Si]1(OC)CCCCN1Cc1ccccc1. The molecule has 1 aliphatic heterocycles. The minimum Gasteiger partial charge on any atom is -0.386 e. The Bertz CT molecular complexity index is 341. The molecule has 0 aliphatic carbocycles. The van der Waals surface area contributed by atoms with Crippen LogP contribution in [0.25, 0.3) is 0 Å². The molecule has 0 bridgehead atoms. The Morgan fingerprint density at radius 1 is 1.12 bits per heavy atom. The predicted octanol–water partition coefficient (Wildman–Crippen LogP) is 2.51. The van der Waals surface area contributed by atoms with Gasteiger partial charge in [-0.25, -0.2) is 0 Å². The molecular weight excluding hydrogens is 230 g/mol. The van der Waals surface area contributed by atoms with Crippen molar-refractivity contribution in [1.82, 2.24) is 4.57 Å². The maximum atomic E-state index is 5.76. The van der Waals surface area contributed by atoms with Crippen LogP contribution in [0.1, 0.15) is 18.4 Å². The Balaban J connectivity index is 2.12. The molecule has 4 heteroatoms. The monoisotopic (exact) mass is 251 g/mol. The van der Waals surface area contributed by atoms with Crippen LogP contribution in [-0.2, 0) is 15.4 Å². The van der Waals surface area contributed by atoms with Gasteiger partial charge >= 0.3 is 8.72 Å². The molecule has 0 saturated carbocycles. The van der Waals surface area contributed by atoms with Crippen molar-refractivity contribution in [2.45, 2.75) is 25.4 Å². The average Bonchev–Trinajstić information content (AvgIpc) is 2.41. The van der Waals surface area contributed by atoms with Crippen molar-refractivity contribution in [3.8, 4) is 0 Å². The lowest BCUT2D eigenvalue weighted by Crippen LogP contribution is -2.59. The molecule has 1 fully saturated rings. The molecule has 0 amide bonds. The molecule has 1 heterocycles. The van der Waals surface area contributed by atoms with Crippen molar-refractivity contribution >= 4 is 8.72 Å². The van der Waals surface area contributed by atoms with Gasteiger partial charge in [-0.05, 0) is 24.9 Å². The maximum Gasteiger partial charge on any atom is 0.427 e. The second kappa shape index (κ2) is 5.77. The van der Waals surface area contributed by atoms with E-state index in [4.69, 9.17) is 8.85 Å². The zero-order valence-electron chi connectivity index (χ0n) is 10.7. The molecule has 0 spiro atoms. The summed E-state index contributed by atoms with van der Waals surface area (Å²) in [4.78, 5) is 0. The van der Waals surface area contributed by atoms with Crippen LogP contribution in [0.15, 0.2) is 30.3 Å². The summed E-state index contributed by atoms with van der Waals surface area (Å²) in [6.07, 6.45) is 2.47. The van der Waals surface area contributed by atoms with Crippen LogP contribution in [0.3, 0.4) is 0 Å². The maximum absolute atomic E-state index is 5.76. The molecular formula is C13H21NO2Si. The third-order valence-corrected chi connectivity index (χ3v) is 7.11. The Hall–Kier alpha value is -0.683. The van der Waals surface area contributed by atoms with Gasteiger partial charge in [0.05, 0.1) is 0 Å². The molecule has 94 valence electrons. The molecule has 1 aliphatic rings. The summed E-state index contributed by atoms with van der Waals surface area (Å²) in [5.74, 6) is 0. The zero-order valence-corrected chi connectivity index (χ0v) is 11.7. The van der Waals surface area contributed by atoms with E-state index >= 15 is 0 Å². The van der Waals surface area contributed by atoms with Crippen molar-refractivity contribution in [1.29, 1.82) is 0 Å². The van der Waals surface area contributed by atoms with Crippen LogP contribution in [0.2, 0.25) is 6.04 Å². The van der Waals surface area contributed by atoms with Crippen LogP contribution in [0.4, 0.5) is 0 Å². The second-order valence-electron chi connectivity index (χ2n) is 4.49. The van der Waals surface area contributed by atoms with E-state index in [-0.39, 0.29) is 0 Å². The summed E-state index contributed by atoms with van der Waals surface area (Å²) >= 11 is 0. The van der Waals surface area contributed by atoms with Crippen molar-refractivity contribution < 1.29 is 8.85 Å². The molecule has 1 aromatic carbocycles. The van der Waals surface area contributed by atoms with Gasteiger partial charge in [0, 0.05) is 26.8 Å². The van der Waals surface area contributed by atoms with Gasteiger partial charge in [0.2, 0.25) is 0 Å². The van der Waals surface area contributed by atoms with Gasteiger partial charge in [-0.2, -0.15) is 0 Å². The fourth-order valence-electron chi connectivity index (χ4n) is 2.53. The third-order valence-electron chi connectivity index (χ3n) is 3.51. The molecule has 1 aromatic rings. The number of benzene rings is 1. The Morgan fingerprint density at radius 3 is 2.47 bits per heavy atom. The fraction of sp³-hybridized carbons (Fsp3) is 0.538. The van der Waals surface area contributed by atoms with E-state index in [1.807, 2.05) is 0 Å². The Morgan fingerprint density at radius 2 is 1.82 bits per heavy atom. The molecule has 0 aromatic heterocycles. The number of nitrogens with zero attached hydrogens (tertiary/aromatic N) is 1. The lowest BCUT2D eigenvalue weighted by Gasteiger charge is -2.41. The molecule has 0 N–H and O–H groups in total. The van der Waals surface area contributed by atoms with Gasteiger partial charge < -0.3 is 8.85 Å². The number of hydrogen-bond acceptors (Lipinski definition) is 3. The minimum absolute atomic E-state index is 0.939.